The van der Waals surface area contributed by atoms with E-state index < -0.39 is 0 Å². The molecule has 1 aliphatic rings. The van der Waals surface area contributed by atoms with Crippen molar-refractivity contribution >= 4 is 17.4 Å². The van der Waals surface area contributed by atoms with E-state index in [1.165, 1.54) is 12.1 Å². The van der Waals surface area contributed by atoms with Gasteiger partial charge in [-0.1, -0.05) is 18.2 Å². The number of halogens is 1. The van der Waals surface area contributed by atoms with Crippen LogP contribution < -0.4 is 10.2 Å². The minimum absolute atomic E-state index is 0.0884. The molecule has 0 aliphatic carbocycles. The van der Waals surface area contributed by atoms with Gasteiger partial charge in [-0.25, -0.2) is 9.18 Å². The Morgan fingerprint density at radius 1 is 1.04 bits per heavy atom. The predicted octanol–water partition coefficient (Wildman–Crippen LogP) is 3.49. The highest BCUT2D eigenvalue weighted by molar-refractivity contribution is 5.89. The van der Waals surface area contributed by atoms with Gasteiger partial charge in [-0.2, -0.15) is 0 Å². The van der Waals surface area contributed by atoms with Crippen LogP contribution in [0.15, 0.2) is 48.5 Å². The maximum atomic E-state index is 13.3. The van der Waals surface area contributed by atoms with E-state index in [9.17, 15) is 9.18 Å². The summed E-state index contributed by atoms with van der Waals surface area (Å²) in [4.78, 5) is 16.2. The second-order valence-electron chi connectivity index (χ2n) is 5.75. The summed E-state index contributed by atoms with van der Waals surface area (Å²) < 4.78 is 13.3. The first-order chi connectivity index (χ1) is 11.1. The summed E-state index contributed by atoms with van der Waals surface area (Å²) in [5, 5.41) is 2.92. The molecular formula is C18H20FN3O. The Kier molecular flexibility index (Phi) is 4.46. The summed E-state index contributed by atoms with van der Waals surface area (Å²) in [7, 11) is 0. The smallest absolute Gasteiger partial charge is 0.321 e. The van der Waals surface area contributed by atoms with Crippen molar-refractivity contribution in [1.29, 1.82) is 0 Å². The fourth-order valence-electron chi connectivity index (χ4n) is 2.77. The van der Waals surface area contributed by atoms with E-state index in [0.29, 0.717) is 26.2 Å². The molecule has 1 fully saturated rings. The molecule has 2 aromatic carbocycles. The predicted molar refractivity (Wildman–Crippen MR) is 90.4 cm³/mol. The second kappa shape index (κ2) is 6.69. The van der Waals surface area contributed by atoms with E-state index >= 15 is 0 Å². The maximum absolute atomic E-state index is 13.3. The molecule has 1 aliphatic heterocycles. The Morgan fingerprint density at radius 3 is 2.48 bits per heavy atom. The molecule has 0 aromatic heterocycles. The number of amides is 2. The monoisotopic (exact) mass is 313 g/mol. The number of rotatable bonds is 2. The topological polar surface area (TPSA) is 35.6 Å². The van der Waals surface area contributed by atoms with Gasteiger partial charge in [-0.3, -0.25) is 0 Å². The number of urea groups is 1. The number of carbonyl (C=O) groups excluding carboxylic acids is 1. The maximum Gasteiger partial charge on any atom is 0.321 e. The van der Waals surface area contributed by atoms with Crippen molar-refractivity contribution in [2.45, 2.75) is 6.92 Å². The minimum atomic E-state index is -0.234. The highest BCUT2D eigenvalue weighted by atomic mass is 19.1. The molecule has 5 heteroatoms. The van der Waals surface area contributed by atoms with Crippen molar-refractivity contribution in [2.75, 3.05) is 36.4 Å². The van der Waals surface area contributed by atoms with E-state index in [2.05, 4.69) is 10.2 Å². The Labute approximate surface area is 135 Å². The molecule has 0 atom stereocenters. The van der Waals surface area contributed by atoms with Gasteiger partial charge in [0.25, 0.3) is 0 Å². The van der Waals surface area contributed by atoms with Crippen LogP contribution >= 0.6 is 0 Å². The molecule has 1 N–H and O–H groups in total. The number of piperazine rings is 1. The van der Waals surface area contributed by atoms with E-state index in [-0.39, 0.29) is 11.8 Å². The Morgan fingerprint density at radius 2 is 1.78 bits per heavy atom. The molecule has 3 rings (SSSR count). The van der Waals surface area contributed by atoms with Crippen molar-refractivity contribution in [3.8, 4) is 0 Å². The fourth-order valence-corrected chi connectivity index (χ4v) is 2.77. The Bertz CT molecular complexity index is 696. The molecule has 4 nitrogen and oxygen atoms in total. The highest BCUT2D eigenvalue weighted by Crippen LogP contribution is 2.18. The number of nitrogens with zero attached hydrogens (tertiary/aromatic N) is 2. The molecule has 2 amide bonds. The van der Waals surface area contributed by atoms with E-state index in [1.807, 2.05) is 37.3 Å². The van der Waals surface area contributed by atoms with Crippen LogP contribution in [-0.4, -0.2) is 37.1 Å². The summed E-state index contributed by atoms with van der Waals surface area (Å²) >= 11 is 0. The summed E-state index contributed by atoms with van der Waals surface area (Å²) in [6, 6.07) is 14.2. The minimum Gasteiger partial charge on any atom is -0.368 e. The lowest BCUT2D eigenvalue weighted by atomic mass is 10.2. The molecule has 0 spiro atoms. The van der Waals surface area contributed by atoms with Gasteiger partial charge in [-0.15, -0.1) is 0 Å². The average molecular weight is 313 g/mol. The lowest BCUT2D eigenvalue weighted by Crippen LogP contribution is -2.50. The highest BCUT2D eigenvalue weighted by Gasteiger charge is 2.21. The zero-order chi connectivity index (χ0) is 16.2. The first kappa shape index (κ1) is 15.3. The Balaban J connectivity index is 1.57. The fraction of sp³-hybridized carbons (Fsp3) is 0.278. The molecule has 1 heterocycles. The SMILES string of the molecule is Cc1cccc(NC(=O)N2CCN(c3cccc(F)c3)CC2)c1. The zero-order valence-electron chi connectivity index (χ0n) is 13.1. The number of nitrogens with one attached hydrogen (secondary N) is 1. The normalized spacial score (nSPS) is 14.7. The summed E-state index contributed by atoms with van der Waals surface area (Å²) in [6.07, 6.45) is 0. The zero-order valence-corrected chi connectivity index (χ0v) is 13.1. The number of aryl methyl sites for hydroxylation is 1. The van der Waals surface area contributed by atoms with Gasteiger partial charge in [0, 0.05) is 37.6 Å². The van der Waals surface area contributed by atoms with Crippen molar-refractivity contribution < 1.29 is 9.18 Å². The molecular weight excluding hydrogens is 293 g/mol. The van der Waals surface area contributed by atoms with Crippen LogP contribution in [0.2, 0.25) is 0 Å². The summed E-state index contributed by atoms with van der Waals surface area (Å²) in [5.74, 6) is -0.234. The van der Waals surface area contributed by atoms with Crippen LogP contribution in [0.3, 0.4) is 0 Å². The van der Waals surface area contributed by atoms with Crippen molar-refractivity contribution in [3.63, 3.8) is 0 Å². The van der Waals surface area contributed by atoms with Gasteiger partial charge in [0.05, 0.1) is 0 Å². The number of benzene rings is 2. The molecule has 1 saturated heterocycles. The molecule has 0 saturated carbocycles. The van der Waals surface area contributed by atoms with E-state index in [4.69, 9.17) is 0 Å². The van der Waals surface area contributed by atoms with Crippen LogP contribution in [0.1, 0.15) is 5.56 Å². The van der Waals surface area contributed by atoms with Crippen LogP contribution in [-0.2, 0) is 0 Å². The molecule has 23 heavy (non-hydrogen) atoms. The van der Waals surface area contributed by atoms with Gasteiger partial charge in [0.1, 0.15) is 5.82 Å². The third-order valence-corrected chi connectivity index (χ3v) is 4.01. The van der Waals surface area contributed by atoms with E-state index in [1.54, 1.807) is 11.0 Å². The first-order valence-electron chi connectivity index (χ1n) is 7.75. The molecule has 0 unspecified atom stereocenters. The first-order valence-corrected chi connectivity index (χ1v) is 7.75. The number of hydrogen-bond acceptors (Lipinski definition) is 2. The second-order valence-corrected chi connectivity index (χ2v) is 5.75. The molecule has 2 aromatic rings. The average Bonchev–Trinajstić information content (AvgIpc) is 2.55. The van der Waals surface area contributed by atoms with Crippen LogP contribution in [0.4, 0.5) is 20.6 Å². The lowest BCUT2D eigenvalue weighted by Gasteiger charge is -2.36. The number of hydrogen-bond donors (Lipinski definition) is 1. The van der Waals surface area contributed by atoms with Gasteiger partial charge in [0.15, 0.2) is 0 Å². The van der Waals surface area contributed by atoms with Gasteiger partial charge in [0.2, 0.25) is 0 Å². The van der Waals surface area contributed by atoms with Crippen LogP contribution in [0, 0.1) is 12.7 Å². The van der Waals surface area contributed by atoms with Crippen molar-refractivity contribution in [3.05, 3.63) is 59.9 Å². The standard InChI is InChI=1S/C18H20FN3O/c1-14-4-2-6-16(12-14)20-18(23)22-10-8-21(9-11-22)17-7-3-5-15(19)13-17/h2-7,12-13H,8-11H2,1H3,(H,20,23). The van der Waals surface area contributed by atoms with Crippen molar-refractivity contribution in [2.24, 2.45) is 0 Å². The van der Waals surface area contributed by atoms with Gasteiger partial charge >= 0.3 is 6.03 Å². The molecule has 0 bridgehead atoms. The Hall–Kier alpha value is -2.56. The van der Waals surface area contributed by atoms with Crippen molar-refractivity contribution in [1.82, 2.24) is 4.90 Å². The van der Waals surface area contributed by atoms with E-state index in [0.717, 1.165) is 16.9 Å². The van der Waals surface area contributed by atoms with Gasteiger partial charge < -0.3 is 15.1 Å². The largest absolute Gasteiger partial charge is 0.368 e. The third kappa shape index (κ3) is 3.80. The molecule has 0 radical (unpaired) electrons. The summed E-state index contributed by atoms with van der Waals surface area (Å²) in [5.41, 5.74) is 2.78. The summed E-state index contributed by atoms with van der Waals surface area (Å²) in [6.45, 7) is 4.63. The lowest BCUT2D eigenvalue weighted by molar-refractivity contribution is 0.208. The molecule has 120 valence electrons. The quantitative estimate of drug-likeness (QED) is 0.921. The van der Waals surface area contributed by atoms with Gasteiger partial charge in [-0.05, 0) is 42.8 Å². The van der Waals surface area contributed by atoms with Crippen LogP contribution in [0.25, 0.3) is 0 Å². The van der Waals surface area contributed by atoms with Crippen LogP contribution in [0.5, 0.6) is 0 Å². The number of anilines is 2. The third-order valence-electron chi connectivity index (χ3n) is 4.01. The number of carbonyl (C=O) groups is 1.